The summed E-state index contributed by atoms with van der Waals surface area (Å²) in [6, 6.07) is 7.59. The maximum Gasteiger partial charge on any atom is 0.215 e. The molecular formula is C26H31F2N3O2. The molecule has 0 saturated heterocycles. The van der Waals surface area contributed by atoms with Crippen molar-refractivity contribution in [3.8, 4) is 5.88 Å². The Morgan fingerprint density at radius 3 is 2.58 bits per heavy atom. The van der Waals surface area contributed by atoms with Crippen molar-refractivity contribution in [2.75, 3.05) is 0 Å². The van der Waals surface area contributed by atoms with E-state index in [2.05, 4.69) is 12.0 Å². The molecule has 2 aromatic heterocycles. The van der Waals surface area contributed by atoms with Gasteiger partial charge in [-0.05, 0) is 69.2 Å². The van der Waals surface area contributed by atoms with E-state index in [1.807, 2.05) is 19.1 Å². The van der Waals surface area contributed by atoms with Crippen LogP contribution in [0.25, 0.3) is 5.52 Å². The van der Waals surface area contributed by atoms with E-state index in [4.69, 9.17) is 10.5 Å². The maximum atomic E-state index is 14.1. The number of carbonyl (C=O) groups excluding carboxylic acids is 1. The Balaban J connectivity index is 1.67. The normalized spacial score (nSPS) is 15.6. The number of hydrogen-bond donors (Lipinski definition) is 1. The van der Waals surface area contributed by atoms with Crippen LogP contribution in [0.2, 0.25) is 0 Å². The van der Waals surface area contributed by atoms with Crippen LogP contribution in [0, 0.1) is 18.6 Å². The molecule has 1 aliphatic carbocycles. The molecule has 4 rings (SSSR count). The third-order valence-corrected chi connectivity index (χ3v) is 6.40. The van der Waals surface area contributed by atoms with E-state index in [0.29, 0.717) is 41.4 Å². The van der Waals surface area contributed by atoms with E-state index in [-0.39, 0.29) is 18.0 Å². The highest BCUT2D eigenvalue weighted by atomic mass is 19.1. The van der Waals surface area contributed by atoms with E-state index in [1.54, 1.807) is 11.4 Å². The molecule has 1 unspecified atom stereocenters. The second-order valence-electron chi connectivity index (χ2n) is 9.47. The standard InChI is InChI=1S/C26H31F2N3O2/c1-4-11-26(3,29)12-10-23(32)25-16(2)30-31-22(25)13-18(17-8-9-17)14-24(31)33-15-19-20(27)6-5-7-21(19)28/h5-7,13-14,17H,4,8-12,15,29H2,1-3H3. The fraction of sp³-hybridized carbons (Fsp3) is 0.462. The largest absolute Gasteiger partial charge is 0.473 e. The van der Waals surface area contributed by atoms with Crippen molar-refractivity contribution in [2.24, 2.45) is 5.73 Å². The Morgan fingerprint density at radius 1 is 1.24 bits per heavy atom. The highest BCUT2D eigenvalue weighted by molar-refractivity contribution is 6.03. The molecule has 1 fully saturated rings. The van der Waals surface area contributed by atoms with Gasteiger partial charge in [0.25, 0.3) is 0 Å². The molecule has 1 aliphatic rings. The number of ether oxygens (including phenoxy) is 1. The van der Waals surface area contributed by atoms with Crippen LogP contribution in [0.3, 0.4) is 0 Å². The number of nitrogens with zero attached hydrogens (tertiary/aromatic N) is 2. The summed E-state index contributed by atoms with van der Waals surface area (Å²) in [6.45, 7) is 5.58. The fourth-order valence-electron chi connectivity index (χ4n) is 4.39. The van der Waals surface area contributed by atoms with Crippen molar-refractivity contribution in [3.63, 3.8) is 0 Å². The topological polar surface area (TPSA) is 69.6 Å². The number of halogens is 2. The Bertz CT molecular complexity index is 1160. The average Bonchev–Trinajstić information content (AvgIpc) is 3.54. The summed E-state index contributed by atoms with van der Waals surface area (Å²) in [5.41, 5.74) is 8.69. The molecule has 5 nitrogen and oxygen atoms in total. The molecule has 0 amide bonds. The molecule has 2 heterocycles. The van der Waals surface area contributed by atoms with Crippen LogP contribution in [-0.2, 0) is 6.61 Å². The van der Waals surface area contributed by atoms with Crippen LogP contribution in [-0.4, -0.2) is 20.9 Å². The number of benzene rings is 1. The van der Waals surface area contributed by atoms with Gasteiger partial charge in [0.2, 0.25) is 5.88 Å². The smallest absolute Gasteiger partial charge is 0.215 e. The van der Waals surface area contributed by atoms with Crippen LogP contribution < -0.4 is 10.5 Å². The van der Waals surface area contributed by atoms with Gasteiger partial charge < -0.3 is 10.5 Å². The lowest BCUT2D eigenvalue weighted by Crippen LogP contribution is -2.36. The SMILES string of the molecule is CCCC(C)(N)CCC(=O)c1c(C)nn2c(OCc3c(F)cccc3F)cc(C3CC3)cc12. The molecule has 176 valence electrons. The van der Waals surface area contributed by atoms with Crippen LogP contribution in [0.5, 0.6) is 5.88 Å². The van der Waals surface area contributed by atoms with Gasteiger partial charge in [0.15, 0.2) is 5.78 Å². The Kier molecular flexibility index (Phi) is 6.52. The molecule has 1 aromatic carbocycles. The zero-order valence-electron chi connectivity index (χ0n) is 19.5. The summed E-state index contributed by atoms with van der Waals surface area (Å²) in [4.78, 5) is 13.2. The fourth-order valence-corrected chi connectivity index (χ4v) is 4.39. The van der Waals surface area contributed by atoms with Crippen LogP contribution in [0.1, 0.15) is 85.5 Å². The molecule has 0 bridgehead atoms. The van der Waals surface area contributed by atoms with Gasteiger partial charge in [-0.15, -0.1) is 0 Å². The van der Waals surface area contributed by atoms with Gasteiger partial charge in [0.05, 0.1) is 22.3 Å². The van der Waals surface area contributed by atoms with E-state index < -0.39 is 17.2 Å². The van der Waals surface area contributed by atoms with Crippen molar-refractivity contribution in [2.45, 2.75) is 77.4 Å². The van der Waals surface area contributed by atoms with Gasteiger partial charge in [-0.25, -0.2) is 13.3 Å². The minimum Gasteiger partial charge on any atom is -0.473 e. The minimum absolute atomic E-state index is 0.00526. The quantitative estimate of drug-likeness (QED) is 0.389. The second-order valence-corrected chi connectivity index (χ2v) is 9.47. The average molecular weight is 456 g/mol. The predicted octanol–water partition coefficient (Wildman–Crippen LogP) is 5.86. The van der Waals surface area contributed by atoms with E-state index in [0.717, 1.165) is 31.2 Å². The summed E-state index contributed by atoms with van der Waals surface area (Å²) in [5, 5.41) is 4.54. The summed E-state index contributed by atoms with van der Waals surface area (Å²) in [6.07, 6.45) is 4.87. The van der Waals surface area contributed by atoms with Crippen LogP contribution in [0.15, 0.2) is 30.3 Å². The third kappa shape index (κ3) is 5.08. The number of rotatable bonds is 10. The molecular weight excluding hydrogens is 424 g/mol. The summed E-state index contributed by atoms with van der Waals surface area (Å²) < 4.78 is 35.6. The number of fused-ring (bicyclic) bond motifs is 1. The number of carbonyl (C=O) groups is 1. The monoisotopic (exact) mass is 455 g/mol. The summed E-state index contributed by atoms with van der Waals surface area (Å²) >= 11 is 0. The Morgan fingerprint density at radius 2 is 1.94 bits per heavy atom. The first-order valence-electron chi connectivity index (χ1n) is 11.6. The molecule has 1 saturated carbocycles. The van der Waals surface area contributed by atoms with Gasteiger partial charge >= 0.3 is 0 Å². The third-order valence-electron chi connectivity index (χ3n) is 6.40. The molecule has 7 heteroatoms. The second kappa shape index (κ2) is 9.21. The van der Waals surface area contributed by atoms with Gasteiger partial charge in [0.1, 0.15) is 18.2 Å². The number of hydrogen-bond acceptors (Lipinski definition) is 4. The first-order chi connectivity index (χ1) is 15.7. The van der Waals surface area contributed by atoms with Crippen LogP contribution >= 0.6 is 0 Å². The minimum atomic E-state index is -0.658. The van der Waals surface area contributed by atoms with Crippen molar-refractivity contribution < 1.29 is 18.3 Å². The van der Waals surface area contributed by atoms with Gasteiger partial charge in [-0.2, -0.15) is 5.10 Å². The Labute approximate surface area is 192 Å². The zero-order valence-corrected chi connectivity index (χ0v) is 19.5. The lowest BCUT2D eigenvalue weighted by atomic mass is 9.89. The number of ketones is 1. The number of nitrogens with two attached hydrogens (primary N) is 1. The molecule has 2 N–H and O–H groups in total. The number of aryl methyl sites for hydroxylation is 1. The molecule has 3 aromatic rings. The molecule has 0 aliphatic heterocycles. The molecule has 0 spiro atoms. The van der Waals surface area contributed by atoms with Crippen molar-refractivity contribution >= 4 is 11.3 Å². The zero-order chi connectivity index (χ0) is 23.8. The predicted molar refractivity (Wildman–Crippen MR) is 124 cm³/mol. The maximum absolute atomic E-state index is 14.1. The lowest BCUT2D eigenvalue weighted by Gasteiger charge is -2.23. The Hall–Kier alpha value is -2.80. The van der Waals surface area contributed by atoms with Crippen molar-refractivity contribution in [3.05, 3.63) is 64.4 Å². The van der Waals surface area contributed by atoms with E-state index in [9.17, 15) is 13.6 Å². The van der Waals surface area contributed by atoms with E-state index in [1.165, 1.54) is 18.2 Å². The summed E-state index contributed by atoms with van der Waals surface area (Å²) in [7, 11) is 0. The lowest BCUT2D eigenvalue weighted by molar-refractivity contribution is 0.0971. The highest BCUT2D eigenvalue weighted by Crippen LogP contribution is 2.42. The molecule has 33 heavy (non-hydrogen) atoms. The molecule has 1 atom stereocenters. The van der Waals surface area contributed by atoms with Gasteiger partial charge in [-0.1, -0.05) is 19.4 Å². The van der Waals surface area contributed by atoms with Crippen molar-refractivity contribution in [1.82, 2.24) is 9.61 Å². The highest BCUT2D eigenvalue weighted by Gasteiger charge is 2.28. The number of Topliss-reactive ketones (excluding diaryl/α,β-unsaturated/α-hetero) is 1. The van der Waals surface area contributed by atoms with E-state index >= 15 is 0 Å². The van der Waals surface area contributed by atoms with Crippen molar-refractivity contribution in [1.29, 1.82) is 0 Å². The number of pyridine rings is 1. The van der Waals surface area contributed by atoms with Gasteiger partial charge in [-0.3, -0.25) is 4.79 Å². The first kappa shape index (κ1) is 23.4. The first-order valence-corrected chi connectivity index (χ1v) is 11.6. The summed E-state index contributed by atoms with van der Waals surface area (Å²) in [5.74, 6) is -0.552. The molecule has 0 radical (unpaired) electrons. The van der Waals surface area contributed by atoms with Gasteiger partial charge in [0, 0.05) is 18.0 Å². The number of aromatic nitrogens is 2. The van der Waals surface area contributed by atoms with Crippen LogP contribution in [0.4, 0.5) is 8.78 Å².